The van der Waals surface area contributed by atoms with Crippen LogP contribution in [-0.2, 0) is 9.53 Å². The molecule has 1 atom stereocenters. The molecule has 0 saturated heterocycles. The van der Waals surface area contributed by atoms with E-state index in [9.17, 15) is 4.79 Å². The number of carbonyl (C=O) groups excluding carboxylic acids is 1. The van der Waals surface area contributed by atoms with Crippen molar-refractivity contribution in [3.05, 3.63) is 11.6 Å². The molecule has 1 unspecified atom stereocenters. The van der Waals surface area contributed by atoms with Gasteiger partial charge in [-0.15, -0.1) is 0 Å². The fourth-order valence-electron chi connectivity index (χ4n) is 1.24. The molecule has 0 amide bonds. The highest BCUT2D eigenvalue weighted by Crippen LogP contribution is 2.24. The SMILES string of the molecule is COC(=O)C1CC=C(C)C1. The zero-order valence-electron chi connectivity index (χ0n) is 6.39. The minimum absolute atomic E-state index is 0.0758. The summed E-state index contributed by atoms with van der Waals surface area (Å²) in [5, 5.41) is 0. The summed E-state index contributed by atoms with van der Waals surface area (Å²) >= 11 is 0. The molecule has 10 heavy (non-hydrogen) atoms. The molecular weight excluding hydrogens is 128 g/mol. The highest BCUT2D eigenvalue weighted by Gasteiger charge is 2.22. The van der Waals surface area contributed by atoms with Crippen LogP contribution in [0.1, 0.15) is 19.8 Å². The van der Waals surface area contributed by atoms with E-state index < -0.39 is 0 Å². The van der Waals surface area contributed by atoms with E-state index in [2.05, 4.69) is 10.8 Å². The molecule has 1 aliphatic carbocycles. The van der Waals surface area contributed by atoms with Crippen LogP contribution in [0.25, 0.3) is 0 Å². The van der Waals surface area contributed by atoms with Gasteiger partial charge in [0.05, 0.1) is 13.0 Å². The Balaban J connectivity index is 2.42. The molecule has 1 aliphatic rings. The molecule has 2 heteroatoms. The van der Waals surface area contributed by atoms with Gasteiger partial charge in [-0.05, 0) is 19.8 Å². The lowest BCUT2D eigenvalue weighted by Crippen LogP contribution is -2.12. The predicted molar refractivity (Wildman–Crippen MR) is 38.5 cm³/mol. The largest absolute Gasteiger partial charge is 0.469 e. The molecule has 0 aromatic carbocycles. The molecule has 0 saturated carbocycles. The summed E-state index contributed by atoms with van der Waals surface area (Å²) in [5.41, 5.74) is 1.30. The molecular formula is C8H12O2. The molecule has 0 N–H and O–H groups in total. The van der Waals surface area contributed by atoms with Crippen LogP contribution in [-0.4, -0.2) is 13.1 Å². The van der Waals surface area contributed by atoms with Crippen molar-refractivity contribution in [3.8, 4) is 0 Å². The van der Waals surface area contributed by atoms with Gasteiger partial charge >= 0.3 is 5.97 Å². The smallest absolute Gasteiger partial charge is 0.309 e. The lowest BCUT2D eigenvalue weighted by molar-refractivity contribution is -0.145. The molecule has 0 aromatic heterocycles. The van der Waals surface area contributed by atoms with Crippen LogP contribution in [0.4, 0.5) is 0 Å². The van der Waals surface area contributed by atoms with E-state index in [4.69, 9.17) is 0 Å². The van der Waals surface area contributed by atoms with Gasteiger partial charge in [-0.2, -0.15) is 0 Å². The second kappa shape index (κ2) is 2.86. The molecule has 0 aliphatic heterocycles. The summed E-state index contributed by atoms with van der Waals surface area (Å²) in [6.07, 6.45) is 3.84. The predicted octanol–water partition coefficient (Wildman–Crippen LogP) is 1.52. The summed E-state index contributed by atoms with van der Waals surface area (Å²) in [6, 6.07) is 0. The van der Waals surface area contributed by atoms with Crippen molar-refractivity contribution in [1.29, 1.82) is 0 Å². The van der Waals surface area contributed by atoms with Gasteiger partial charge in [-0.25, -0.2) is 0 Å². The Morgan fingerprint density at radius 2 is 2.50 bits per heavy atom. The van der Waals surface area contributed by atoms with Crippen LogP contribution < -0.4 is 0 Å². The normalized spacial score (nSPS) is 24.2. The zero-order chi connectivity index (χ0) is 7.56. The molecule has 56 valence electrons. The highest BCUT2D eigenvalue weighted by molar-refractivity contribution is 5.73. The van der Waals surface area contributed by atoms with Gasteiger partial charge in [0.2, 0.25) is 0 Å². The first-order valence-electron chi connectivity index (χ1n) is 3.47. The first-order valence-corrected chi connectivity index (χ1v) is 3.47. The number of ether oxygens (including phenoxy) is 1. The Morgan fingerprint density at radius 3 is 2.90 bits per heavy atom. The van der Waals surface area contributed by atoms with Crippen LogP contribution in [0.15, 0.2) is 11.6 Å². The topological polar surface area (TPSA) is 26.3 Å². The fourth-order valence-corrected chi connectivity index (χ4v) is 1.24. The van der Waals surface area contributed by atoms with Gasteiger partial charge in [0.25, 0.3) is 0 Å². The Hall–Kier alpha value is -0.790. The minimum Gasteiger partial charge on any atom is -0.469 e. The average Bonchev–Trinajstić information content (AvgIpc) is 2.34. The maximum atomic E-state index is 10.9. The summed E-state index contributed by atoms with van der Waals surface area (Å²) in [4.78, 5) is 10.9. The third kappa shape index (κ3) is 1.38. The van der Waals surface area contributed by atoms with E-state index in [-0.39, 0.29) is 11.9 Å². The van der Waals surface area contributed by atoms with Crippen molar-refractivity contribution in [1.82, 2.24) is 0 Å². The Morgan fingerprint density at radius 1 is 1.80 bits per heavy atom. The lowest BCUT2D eigenvalue weighted by atomic mass is 10.1. The van der Waals surface area contributed by atoms with Gasteiger partial charge in [0.15, 0.2) is 0 Å². The minimum atomic E-state index is -0.0758. The monoisotopic (exact) mass is 140 g/mol. The average molecular weight is 140 g/mol. The van der Waals surface area contributed by atoms with Gasteiger partial charge < -0.3 is 4.74 Å². The maximum absolute atomic E-state index is 10.9. The molecule has 0 heterocycles. The molecule has 0 radical (unpaired) electrons. The number of hydrogen-bond donors (Lipinski definition) is 0. The van der Waals surface area contributed by atoms with E-state index in [1.54, 1.807) is 0 Å². The quantitative estimate of drug-likeness (QED) is 0.407. The third-order valence-corrected chi connectivity index (χ3v) is 1.85. The van der Waals surface area contributed by atoms with Crippen LogP contribution in [0.3, 0.4) is 0 Å². The first-order chi connectivity index (χ1) is 4.74. The molecule has 1 rings (SSSR count). The number of rotatable bonds is 1. The second-order valence-electron chi connectivity index (χ2n) is 2.71. The Bertz CT molecular complexity index is 170. The van der Waals surface area contributed by atoms with Crippen molar-refractivity contribution in [3.63, 3.8) is 0 Å². The van der Waals surface area contributed by atoms with Crippen molar-refractivity contribution < 1.29 is 9.53 Å². The van der Waals surface area contributed by atoms with E-state index >= 15 is 0 Å². The van der Waals surface area contributed by atoms with E-state index in [1.807, 2.05) is 6.92 Å². The molecule has 0 aromatic rings. The number of methoxy groups -OCH3 is 1. The van der Waals surface area contributed by atoms with Crippen LogP contribution in [0.5, 0.6) is 0 Å². The summed E-state index contributed by atoms with van der Waals surface area (Å²) < 4.78 is 4.61. The van der Waals surface area contributed by atoms with Gasteiger partial charge in [0, 0.05) is 0 Å². The third-order valence-electron chi connectivity index (χ3n) is 1.85. The van der Waals surface area contributed by atoms with Crippen molar-refractivity contribution in [2.45, 2.75) is 19.8 Å². The number of hydrogen-bond acceptors (Lipinski definition) is 2. The number of allylic oxidation sites excluding steroid dienone is 2. The van der Waals surface area contributed by atoms with E-state index in [0.29, 0.717) is 0 Å². The molecule has 2 nitrogen and oxygen atoms in total. The van der Waals surface area contributed by atoms with Crippen molar-refractivity contribution in [2.24, 2.45) is 5.92 Å². The molecule has 0 fully saturated rings. The van der Waals surface area contributed by atoms with Crippen LogP contribution >= 0.6 is 0 Å². The summed E-state index contributed by atoms with van der Waals surface area (Å²) in [7, 11) is 1.44. The molecule has 0 bridgehead atoms. The summed E-state index contributed by atoms with van der Waals surface area (Å²) in [5.74, 6) is 0.0260. The number of carbonyl (C=O) groups is 1. The standard InChI is InChI=1S/C8H12O2/c1-6-3-4-7(5-6)8(9)10-2/h3,7H,4-5H2,1-2H3. The maximum Gasteiger partial charge on any atom is 0.309 e. The fraction of sp³-hybridized carbons (Fsp3) is 0.625. The Labute approximate surface area is 60.9 Å². The van der Waals surface area contributed by atoms with Crippen molar-refractivity contribution in [2.75, 3.05) is 7.11 Å². The zero-order valence-corrected chi connectivity index (χ0v) is 6.39. The van der Waals surface area contributed by atoms with Gasteiger partial charge in [0.1, 0.15) is 0 Å². The van der Waals surface area contributed by atoms with E-state index in [1.165, 1.54) is 12.7 Å². The van der Waals surface area contributed by atoms with Gasteiger partial charge in [-0.1, -0.05) is 11.6 Å². The highest BCUT2D eigenvalue weighted by atomic mass is 16.5. The second-order valence-corrected chi connectivity index (χ2v) is 2.71. The Kier molecular flexibility index (Phi) is 2.10. The van der Waals surface area contributed by atoms with Crippen LogP contribution in [0.2, 0.25) is 0 Å². The number of esters is 1. The van der Waals surface area contributed by atoms with Gasteiger partial charge in [-0.3, -0.25) is 4.79 Å². The first kappa shape index (κ1) is 7.32. The summed E-state index contributed by atoms with van der Waals surface area (Å²) in [6.45, 7) is 2.04. The molecule has 0 spiro atoms. The lowest BCUT2D eigenvalue weighted by Gasteiger charge is -2.04. The van der Waals surface area contributed by atoms with Crippen molar-refractivity contribution >= 4 is 5.97 Å². The van der Waals surface area contributed by atoms with E-state index in [0.717, 1.165) is 12.8 Å². The van der Waals surface area contributed by atoms with Crippen LogP contribution in [0, 0.1) is 5.92 Å².